The largest absolute Gasteiger partial charge is 0.457 e. The molecule has 0 radical (unpaired) electrons. The number of rotatable bonds is 5. The van der Waals surface area contributed by atoms with Gasteiger partial charge >= 0.3 is 0 Å². The molecule has 5 nitrogen and oxygen atoms in total. The number of carbonyl (C=O) groups excluding carboxylic acids is 2. The molecule has 5 rings (SSSR count). The molecule has 3 aromatic rings. The molecule has 1 heterocycles. The molecular weight excluding hydrogens is 400 g/mol. The van der Waals surface area contributed by atoms with E-state index in [1.54, 1.807) is 12.1 Å². The number of nitrogens with one attached hydrogen (secondary N) is 1. The maximum atomic E-state index is 13.1. The fourth-order valence-corrected chi connectivity index (χ4v) is 4.64. The van der Waals surface area contributed by atoms with Crippen LogP contribution in [0, 0.1) is 5.92 Å². The Morgan fingerprint density at radius 3 is 2.47 bits per heavy atom. The van der Waals surface area contributed by atoms with Crippen LogP contribution in [0.5, 0.6) is 11.5 Å². The van der Waals surface area contributed by atoms with Gasteiger partial charge in [-0.3, -0.25) is 9.59 Å². The number of hydrogen-bond acceptors (Lipinski definition) is 3. The third kappa shape index (κ3) is 4.11. The lowest BCUT2D eigenvalue weighted by Crippen LogP contribution is -2.33. The lowest BCUT2D eigenvalue weighted by Gasteiger charge is -2.21. The predicted molar refractivity (Wildman–Crippen MR) is 125 cm³/mol. The summed E-state index contributed by atoms with van der Waals surface area (Å²) in [5.41, 5.74) is 3.21. The van der Waals surface area contributed by atoms with Gasteiger partial charge in [-0.1, -0.05) is 49.2 Å². The molecule has 0 atom stereocenters. The summed E-state index contributed by atoms with van der Waals surface area (Å²) in [5, 5.41) is 2.99. The number of nitrogens with zero attached hydrogens (tertiary/aromatic N) is 1. The van der Waals surface area contributed by atoms with Crippen molar-refractivity contribution in [3.05, 3.63) is 83.9 Å². The first-order chi connectivity index (χ1) is 15.7. The Morgan fingerprint density at radius 1 is 0.906 bits per heavy atom. The SMILES string of the molecule is O=C(Nc1ccc2c(c1)N(C(=O)C1CCCC1)CC2)c1ccccc1Oc1ccccc1. The third-order valence-corrected chi connectivity index (χ3v) is 6.31. The zero-order valence-corrected chi connectivity index (χ0v) is 17.9. The molecule has 1 saturated carbocycles. The van der Waals surface area contributed by atoms with Crippen LogP contribution >= 0.6 is 0 Å². The molecule has 1 N–H and O–H groups in total. The molecule has 1 fully saturated rings. The third-order valence-electron chi connectivity index (χ3n) is 6.31. The van der Waals surface area contributed by atoms with Crippen LogP contribution in [-0.4, -0.2) is 18.4 Å². The number of para-hydroxylation sites is 2. The van der Waals surface area contributed by atoms with E-state index < -0.39 is 0 Å². The van der Waals surface area contributed by atoms with E-state index in [4.69, 9.17) is 4.74 Å². The molecule has 0 saturated heterocycles. The van der Waals surface area contributed by atoms with Crippen LogP contribution in [0.15, 0.2) is 72.8 Å². The molecule has 1 aliphatic carbocycles. The average Bonchev–Trinajstić information content (AvgIpc) is 3.50. The molecule has 2 aliphatic rings. The van der Waals surface area contributed by atoms with Crippen molar-refractivity contribution in [2.75, 3.05) is 16.8 Å². The van der Waals surface area contributed by atoms with E-state index in [0.717, 1.165) is 49.9 Å². The normalized spacial score (nSPS) is 15.4. The average molecular weight is 427 g/mol. The maximum Gasteiger partial charge on any atom is 0.259 e. The van der Waals surface area contributed by atoms with E-state index in [2.05, 4.69) is 5.32 Å². The number of ether oxygens (including phenoxy) is 1. The van der Waals surface area contributed by atoms with Crippen LogP contribution in [0.2, 0.25) is 0 Å². The van der Waals surface area contributed by atoms with Gasteiger partial charge in [-0.2, -0.15) is 0 Å². The monoisotopic (exact) mass is 426 g/mol. The summed E-state index contributed by atoms with van der Waals surface area (Å²) in [4.78, 5) is 28.0. The van der Waals surface area contributed by atoms with Gasteiger partial charge in [0, 0.05) is 23.8 Å². The summed E-state index contributed by atoms with van der Waals surface area (Å²) in [6.45, 7) is 0.718. The highest BCUT2D eigenvalue weighted by Gasteiger charge is 2.32. The van der Waals surface area contributed by atoms with Gasteiger partial charge in [0.15, 0.2) is 0 Å². The van der Waals surface area contributed by atoms with Gasteiger partial charge in [-0.25, -0.2) is 0 Å². The number of hydrogen-bond donors (Lipinski definition) is 1. The zero-order valence-electron chi connectivity index (χ0n) is 17.9. The zero-order chi connectivity index (χ0) is 21.9. The van der Waals surface area contributed by atoms with E-state index in [-0.39, 0.29) is 17.7 Å². The Hall–Kier alpha value is -3.60. The van der Waals surface area contributed by atoms with Crippen molar-refractivity contribution in [3.63, 3.8) is 0 Å². The van der Waals surface area contributed by atoms with Crippen LogP contribution < -0.4 is 15.0 Å². The standard InChI is InChI=1S/C27H26N2O3/c30-26(23-12-6-7-13-25(23)32-22-10-2-1-3-11-22)28-21-15-14-19-16-17-29(24(19)18-21)27(31)20-8-4-5-9-20/h1-3,6-7,10-15,18,20H,4-5,8-9,16-17H2,(H,28,30). The first kappa shape index (κ1) is 20.3. The van der Waals surface area contributed by atoms with Gasteiger partial charge in [0.25, 0.3) is 5.91 Å². The van der Waals surface area contributed by atoms with E-state index >= 15 is 0 Å². The number of fused-ring (bicyclic) bond motifs is 1. The highest BCUT2D eigenvalue weighted by Crippen LogP contribution is 2.35. The second kappa shape index (κ2) is 8.87. The molecule has 2 amide bonds. The van der Waals surface area contributed by atoms with Gasteiger partial charge < -0.3 is 15.0 Å². The number of amides is 2. The molecule has 5 heteroatoms. The minimum Gasteiger partial charge on any atom is -0.457 e. The second-order valence-electron chi connectivity index (χ2n) is 8.43. The number of carbonyl (C=O) groups is 2. The summed E-state index contributed by atoms with van der Waals surface area (Å²) in [6.07, 6.45) is 5.10. The number of anilines is 2. The van der Waals surface area contributed by atoms with Crippen molar-refractivity contribution in [1.82, 2.24) is 0 Å². The van der Waals surface area contributed by atoms with Gasteiger partial charge in [0.1, 0.15) is 11.5 Å². The highest BCUT2D eigenvalue weighted by atomic mass is 16.5. The van der Waals surface area contributed by atoms with Crippen molar-refractivity contribution in [3.8, 4) is 11.5 Å². The van der Waals surface area contributed by atoms with Gasteiger partial charge in [-0.05, 0) is 61.2 Å². The summed E-state index contributed by atoms with van der Waals surface area (Å²) in [5.74, 6) is 1.29. The fourth-order valence-electron chi connectivity index (χ4n) is 4.64. The van der Waals surface area contributed by atoms with E-state index in [9.17, 15) is 9.59 Å². The number of benzene rings is 3. The Morgan fingerprint density at radius 2 is 1.66 bits per heavy atom. The van der Waals surface area contributed by atoms with E-state index in [1.165, 1.54) is 0 Å². The Bertz CT molecular complexity index is 1140. The second-order valence-corrected chi connectivity index (χ2v) is 8.43. The summed E-state index contributed by atoms with van der Waals surface area (Å²) in [6, 6.07) is 22.4. The molecule has 0 bridgehead atoms. The van der Waals surface area contributed by atoms with Crippen molar-refractivity contribution >= 4 is 23.2 Å². The molecular formula is C27H26N2O3. The van der Waals surface area contributed by atoms with Crippen molar-refractivity contribution in [2.45, 2.75) is 32.1 Å². The molecule has 32 heavy (non-hydrogen) atoms. The van der Waals surface area contributed by atoms with E-state index in [1.807, 2.05) is 65.6 Å². The van der Waals surface area contributed by atoms with Crippen molar-refractivity contribution in [1.29, 1.82) is 0 Å². The maximum absolute atomic E-state index is 13.1. The molecule has 162 valence electrons. The summed E-state index contributed by atoms with van der Waals surface area (Å²) in [7, 11) is 0. The van der Waals surface area contributed by atoms with E-state index in [0.29, 0.717) is 22.7 Å². The van der Waals surface area contributed by atoms with Gasteiger partial charge in [0.2, 0.25) is 5.91 Å². The highest BCUT2D eigenvalue weighted by molar-refractivity contribution is 6.07. The predicted octanol–water partition coefficient (Wildman–Crippen LogP) is 5.81. The smallest absolute Gasteiger partial charge is 0.259 e. The fraction of sp³-hybridized carbons (Fsp3) is 0.259. The Labute approximate surface area is 188 Å². The quantitative estimate of drug-likeness (QED) is 0.560. The Balaban J connectivity index is 1.35. The van der Waals surface area contributed by atoms with Crippen LogP contribution in [-0.2, 0) is 11.2 Å². The van der Waals surface area contributed by atoms with Gasteiger partial charge in [0.05, 0.1) is 5.56 Å². The topological polar surface area (TPSA) is 58.6 Å². The molecule has 1 aliphatic heterocycles. The van der Waals surface area contributed by atoms with Crippen LogP contribution in [0.25, 0.3) is 0 Å². The first-order valence-corrected chi connectivity index (χ1v) is 11.3. The lowest BCUT2D eigenvalue weighted by atomic mass is 10.1. The van der Waals surface area contributed by atoms with Gasteiger partial charge in [-0.15, -0.1) is 0 Å². The van der Waals surface area contributed by atoms with Crippen molar-refractivity contribution in [2.24, 2.45) is 5.92 Å². The molecule has 0 spiro atoms. The summed E-state index contributed by atoms with van der Waals surface area (Å²) >= 11 is 0. The van der Waals surface area contributed by atoms with Crippen molar-refractivity contribution < 1.29 is 14.3 Å². The summed E-state index contributed by atoms with van der Waals surface area (Å²) < 4.78 is 5.93. The molecule has 3 aromatic carbocycles. The minimum absolute atomic E-state index is 0.140. The molecule has 0 aromatic heterocycles. The lowest BCUT2D eigenvalue weighted by molar-refractivity contribution is -0.122. The van der Waals surface area contributed by atoms with Crippen LogP contribution in [0.4, 0.5) is 11.4 Å². The molecule has 0 unspecified atom stereocenters. The Kier molecular flexibility index (Phi) is 5.63. The van der Waals surface area contributed by atoms with Crippen LogP contribution in [0.3, 0.4) is 0 Å². The minimum atomic E-state index is -0.247. The van der Waals surface area contributed by atoms with Crippen LogP contribution in [0.1, 0.15) is 41.6 Å². The first-order valence-electron chi connectivity index (χ1n) is 11.3.